The van der Waals surface area contributed by atoms with E-state index >= 15 is 0 Å². The molecule has 0 spiro atoms. The number of halogens is 8. The first-order valence-corrected chi connectivity index (χ1v) is 39.6. The molecule has 15 rings (SSSR count). The molecule has 0 aliphatic rings. The van der Waals surface area contributed by atoms with E-state index in [-0.39, 0.29) is 150 Å². The van der Waals surface area contributed by atoms with E-state index in [0.717, 1.165) is 17.2 Å². The number of rotatable bonds is 15. The molecule has 0 saturated carbocycles. The molecule has 0 aliphatic heterocycles. The number of hydrogen-bond donors (Lipinski definition) is 7. The largest absolute Gasteiger partial charge is 0.508 e. The zero-order valence-electron chi connectivity index (χ0n) is 81.3. The maximum absolute atomic E-state index is 14.1. The summed E-state index contributed by atoms with van der Waals surface area (Å²) in [5.41, 5.74) is 2.45. The molecule has 0 aliphatic carbocycles. The molecular formula is C92H70Br5Cl2FN2O17. The van der Waals surface area contributed by atoms with Crippen molar-refractivity contribution in [2.75, 3.05) is 0 Å². The Balaban J connectivity index is 0.000000164. The number of benzene rings is 10. The van der Waals surface area contributed by atoms with Crippen LogP contribution in [0.15, 0.2) is 214 Å². The predicted molar refractivity (Wildman–Crippen MR) is 469 cm³/mol. The third kappa shape index (κ3) is 18.8. The van der Waals surface area contributed by atoms with Gasteiger partial charge in [-0.25, -0.2) is 4.39 Å². The number of furan rings is 5. The fourth-order valence-corrected chi connectivity index (χ4v) is 14.8. The third-order valence-electron chi connectivity index (χ3n) is 18.1. The lowest BCUT2D eigenvalue weighted by Gasteiger charge is -2.08. The van der Waals surface area contributed by atoms with Gasteiger partial charge in [0.15, 0.2) is 28.9 Å². The van der Waals surface area contributed by atoms with Crippen LogP contribution in [0.1, 0.15) is 237 Å². The number of carbonyl (C=O) groups is 5. The summed E-state index contributed by atoms with van der Waals surface area (Å²) in [5, 5.41) is 88.9. The minimum atomic E-state index is -1.25. The molecule has 606 valence electrons. The maximum Gasteiger partial charge on any atom is 0.197 e. The van der Waals surface area contributed by atoms with Crippen LogP contribution in [0.25, 0.3) is 54.8 Å². The Morgan fingerprint density at radius 3 is 0.857 bits per heavy atom. The van der Waals surface area contributed by atoms with Crippen molar-refractivity contribution < 1.29 is 111 Å². The van der Waals surface area contributed by atoms with Crippen LogP contribution in [0.3, 0.4) is 0 Å². The Hall–Kier alpha value is -10.5. The Bertz CT molecular complexity index is 7140. The minimum absolute atomic E-state index is 0.0398. The molecule has 15 aromatic rings. The average Bonchev–Trinajstić information content (AvgIpc) is 1.61. The molecule has 7 N–H and O–H groups in total. The van der Waals surface area contributed by atoms with E-state index in [1.165, 1.54) is 77.1 Å². The van der Waals surface area contributed by atoms with Crippen LogP contribution < -0.4 is 0 Å². The highest BCUT2D eigenvalue weighted by Gasteiger charge is 2.32. The normalized spacial score (nSPS) is 14.5. The van der Waals surface area contributed by atoms with Gasteiger partial charge in [-0.05, 0) is 200 Å². The Labute approximate surface area is 757 Å². The predicted octanol–water partition coefficient (Wildman–Crippen LogP) is 24.5. The van der Waals surface area contributed by atoms with Crippen LogP contribution in [0.5, 0.6) is 11.5 Å². The molecule has 0 fully saturated rings. The van der Waals surface area contributed by atoms with Crippen molar-refractivity contribution in [2.45, 2.75) is 99.8 Å². The van der Waals surface area contributed by atoms with E-state index in [1.54, 1.807) is 46.8 Å². The second-order valence-corrected chi connectivity index (χ2v) is 31.5. The number of nitrogens with zero attached hydrogens (tertiary/aromatic N) is 2. The van der Waals surface area contributed by atoms with Crippen molar-refractivity contribution in [2.24, 2.45) is 0 Å². The standard InChI is InChI=1S/C19H14BrNO4.C19H14BrNO3.C18H14BrClO4.C18H14BrClO3.C18H14BrFO3/c1-9-12(8-21)5-11(6-15(9)20)18(24)17-14-4-3-13(23)7-16(14)25-19(17)10(2)22;1-10-13(9-21)7-12(8-15(10)20)18(23)17-14-5-3-4-6-16(14)24-19(17)11(2)22;1-8-13(19)5-10(6-14(8)20)17(23)16-12-4-3-11(22)7-15(12)24-18(16)9(2)21;2*1-9-13(19)7-11(8-14(9)20)17(22)16-12-5-3-4-6-15(12)23-18(16)10(2)21/h3-7,10,22-23H,1-2H3;3-8,11,22H,1-2H3;3-7,9,21-22H,1-2H3;2*3-8,10,21H,1-2H3/i3D,4D,7D;3D,4D,5D,6D;3D,4D,7D;2*3D,4D,5D,6D. The summed E-state index contributed by atoms with van der Waals surface area (Å²) in [6.07, 6.45) is -6.13. The van der Waals surface area contributed by atoms with E-state index < -0.39 is 186 Å². The van der Waals surface area contributed by atoms with E-state index in [2.05, 4.69) is 79.6 Å². The number of carbonyl (C=O) groups excluding carboxylic acids is 5. The molecule has 19 nitrogen and oxygen atoms in total. The first-order chi connectivity index (χ1) is 63.9. The maximum atomic E-state index is 14.1. The van der Waals surface area contributed by atoms with Gasteiger partial charge in [-0.15, -0.1) is 0 Å². The summed E-state index contributed by atoms with van der Waals surface area (Å²) < 4.78 is 187. The number of nitriles is 2. The zero-order valence-corrected chi connectivity index (χ0v) is 72.7. The van der Waals surface area contributed by atoms with Gasteiger partial charge in [0, 0.05) is 99.2 Å². The first kappa shape index (κ1) is 67.3. The number of fused-ring (bicyclic) bond motifs is 5. The second-order valence-electron chi connectivity index (χ2n) is 26.4. The van der Waals surface area contributed by atoms with Gasteiger partial charge in [-0.1, -0.05) is 157 Å². The molecule has 0 amide bonds. The van der Waals surface area contributed by atoms with Gasteiger partial charge >= 0.3 is 0 Å². The Morgan fingerprint density at radius 1 is 0.361 bits per heavy atom. The highest BCUT2D eigenvalue weighted by molar-refractivity contribution is 9.11. The van der Waals surface area contributed by atoms with Crippen LogP contribution in [0, 0.1) is 63.1 Å². The quantitative estimate of drug-likeness (QED) is 0.0469. The number of phenols is 2. The van der Waals surface area contributed by atoms with Gasteiger partial charge in [-0.3, -0.25) is 24.0 Å². The number of aliphatic hydroxyl groups excluding tert-OH is 5. The fraction of sp³-hybridized carbons (Fsp3) is 0.163. The number of hydrogen-bond acceptors (Lipinski definition) is 19. The van der Waals surface area contributed by atoms with Gasteiger partial charge in [-0.2, -0.15) is 10.5 Å². The molecule has 27 heteroatoms. The average molecular weight is 1980 g/mol. The molecule has 119 heavy (non-hydrogen) atoms. The topological polar surface area (TPSA) is 340 Å². The highest BCUT2D eigenvalue weighted by Crippen LogP contribution is 2.42. The molecule has 5 atom stereocenters. The van der Waals surface area contributed by atoms with Crippen LogP contribution in [-0.2, 0) is 0 Å². The van der Waals surface area contributed by atoms with E-state index in [0.29, 0.717) is 49.1 Å². The first-order valence-electron chi connectivity index (χ1n) is 43.9. The fourth-order valence-electron chi connectivity index (χ4n) is 11.8. The van der Waals surface area contributed by atoms with Crippen molar-refractivity contribution in [3.05, 3.63) is 331 Å². The van der Waals surface area contributed by atoms with Gasteiger partial charge in [0.25, 0.3) is 0 Å². The van der Waals surface area contributed by atoms with Gasteiger partial charge in [0.2, 0.25) is 0 Å². The van der Waals surface area contributed by atoms with Crippen LogP contribution in [-0.4, -0.2) is 64.7 Å². The monoisotopic (exact) mass is 1980 g/mol. The molecule has 5 heterocycles. The molecule has 5 aromatic heterocycles. The molecule has 0 saturated heterocycles. The summed E-state index contributed by atoms with van der Waals surface area (Å²) in [7, 11) is 0. The summed E-state index contributed by atoms with van der Waals surface area (Å²) in [4.78, 5) is 66.1. The molecule has 5 unspecified atom stereocenters. The van der Waals surface area contributed by atoms with Crippen molar-refractivity contribution >= 4 is 187 Å². The SMILES string of the molecule is [2H]c1c(O)c([2H])c2oc(C(C)O)c(C(=O)c3cc(Br)c(C)c(C#N)c3)c2c1[2H].[2H]c1c(O)c([2H])c2oc(C(C)O)c(C(=O)c3cc(Cl)c(C)c(Br)c3)c2c1[2H].[2H]c1c([2H])c([2H])c2c(C(=O)c3cc(Br)c(C)c(C#N)c3)c(C(C)O)oc2c1[2H].[2H]c1c([2H])c([2H])c2c(C(=O)c3cc(Cl)c(C)c(Br)c3)c(C(C)O)oc2c1[2H].[2H]c1c([2H])c([2H])c2c(C(=O)c3cc(F)c(C)c(Br)c3)c(C(C)O)oc2c1[2H]. The van der Waals surface area contributed by atoms with E-state index in [4.69, 9.17) is 70.0 Å². The molecular weight excluding hydrogens is 1890 g/mol. The van der Waals surface area contributed by atoms with Crippen molar-refractivity contribution in [3.63, 3.8) is 0 Å². The Morgan fingerprint density at radius 2 is 0.597 bits per heavy atom. The Kier molecular flexibility index (Phi) is 21.2. The molecule has 0 radical (unpaired) electrons. The van der Waals surface area contributed by atoms with E-state index in [9.17, 15) is 74.6 Å². The lowest BCUT2D eigenvalue weighted by atomic mass is 9.96. The third-order valence-corrected chi connectivity index (χ3v) is 23.1. The number of phenolic OH excluding ortho intramolecular Hbond substituents is 2. The number of para-hydroxylation sites is 3. The summed E-state index contributed by atoms with van der Waals surface area (Å²) >= 11 is 28.8. The number of aromatic hydroxyl groups is 2. The van der Waals surface area contributed by atoms with Crippen molar-refractivity contribution in [1.82, 2.24) is 0 Å². The smallest absolute Gasteiger partial charge is 0.197 e. The van der Waals surface area contributed by atoms with Gasteiger partial charge in [0.05, 0.1) is 75.8 Å². The lowest BCUT2D eigenvalue weighted by Crippen LogP contribution is -2.06. The van der Waals surface area contributed by atoms with Gasteiger partial charge in [0.1, 0.15) is 105 Å². The number of aliphatic hydroxyl groups is 5. The lowest BCUT2D eigenvalue weighted by molar-refractivity contribution is 0.102. The van der Waals surface area contributed by atoms with Crippen LogP contribution >= 0.6 is 103 Å². The van der Waals surface area contributed by atoms with Crippen molar-refractivity contribution in [1.29, 1.82) is 10.5 Å². The molecule has 10 aromatic carbocycles. The van der Waals surface area contributed by atoms with E-state index in [1.807, 2.05) is 12.1 Å². The van der Waals surface area contributed by atoms with Crippen LogP contribution in [0.2, 0.25) is 10.0 Å². The number of ketones is 5. The summed E-state index contributed by atoms with van der Waals surface area (Å²) in [6.45, 7) is 15.4. The zero-order chi connectivity index (χ0) is 102. The second kappa shape index (κ2) is 37.4. The summed E-state index contributed by atoms with van der Waals surface area (Å²) in [5.74, 6) is -5.96. The molecule has 0 bridgehead atoms. The summed E-state index contributed by atoms with van der Waals surface area (Å²) in [6, 6.07) is 9.54. The highest BCUT2D eigenvalue weighted by atomic mass is 79.9. The van der Waals surface area contributed by atoms with Gasteiger partial charge < -0.3 is 57.8 Å². The van der Waals surface area contributed by atoms with Crippen molar-refractivity contribution in [3.8, 4) is 23.6 Å². The van der Waals surface area contributed by atoms with Crippen LogP contribution in [0.4, 0.5) is 4.39 Å². The minimum Gasteiger partial charge on any atom is -0.508 e.